The number of Topliss-reactive ketones (excluding diaryl/α,β-unsaturated/α-hetero) is 1. The number of nitrogens with zero attached hydrogens (tertiary/aromatic N) is 3. The van der Waals surface area contributed by atoms with Crippen LogP contribution in [0.3, 0.4) is 0 Å². The lowest BCUT2D eigenvalue weighted by Gasteiger charge is -2.10. The van der Waals surface area contributed by atoms with Crippen LogP contribution in [0, 0.1) is 17.2 Å². The van der Waals surface area contributed by atoms with Gasteiger partial charge in [-0.05, 0) is 32.0 Å². The van der Waals surface area contributed by atoms with Crippen LogP contribution in [0.15, 0.2) is 42.7 Å². The van der Waals surface area contributed by atoms with Gasteiger partial charge in [0.05, 0.1) is 12.2 Å². The van der Waals surface area contributed by atoms with Crippen LogP contribution in [0.2, 0.25) is 0 Å². The van der Waals surface area contributed by atoms with Gasteiger partial charge in [0.1, 0.15) is 5.82 Å². The molecule has 0 saturated heterocycles. The molecule has 1 atom stereocenters. The smallest absolute Gasteiger partial charge is 0.250 e. The van der Waals surface area contributed by atoms with Crippen LogP contribution < -0.4 is 10.1 Å². The summed E-state index contributed by atoms with van der Waals surface area (Å²) >= 11 is 0. The van der Waals surface area contributed by atoms with Crippen molar-refractivity contribution < 1.29 is 14.3 Å². The lowest BCUT2D eigenvalue weighted by molar-refractivity contribution is -0.117. The van der Waals surface area contributed by atoms with Crippen LogP contribution in [0.25, 0.3) is 0 Å². The highest BCUT2D eigenvalue weighted by Crippen LogP contribution is 2.14. The summed E-state index contributed by atoms with van der Waals surface area (Å²) in [6.07, 6.45) is 2.74. The molecule has 24 heavy (non-hydrogen) atoms. The number of anilines is 1. The third-order valence-corrected chi connectivity index (χ3v) is 2.95. The zero-order valence-electron chi connectivity index (χ0n) is 13.3. The summed E-state index contributed by atoms with van der Waals surface area (Å²) in [7, 11) is 0. The van der Waals surface area contributed by atoms with E-state index in [1.54, 1.807) is 24.3 Å². The normalized spacial score (nSPS) is 11.4. The fourth-order valence-corrected chi connectivity index (χ4v) is 1.88. The van der Waals surface area contributed by atoms with Gasteiger partial charge in [-0.15, -0.1) is 0 Å². The Hall–Kier alpha value is -3.27. The highest BCUT2D eigenvalue weighted by atomic mass is 16.5. The van der Waals surface area contributed by atoms with Crippen molar-refractivity contribution in [2.24, 2.45) is 5.92 Å². The Balaban J connectivity index is 2.11. The largest absolute Gasteiger partial charge is 0.475 e. The summed E-state index contributed by atoms with van der Waals surface area (Å²) in [6.45, 7) is 3.71. The van der Waals surface area contributed by atoms with Gasteiger partial charge in [0.2, 0.25) is 5.88 Å². The Morgan fingerprint density at radius 3 is 2.54 bits per heavy atom. The van der Waals surface area contributed by atoms with E-state index in [1.165, 1.54) is 24.5 Å². The maximum Gasteiger partial charge on any atom is 0.250 e. The number of carbonyl (C=O) groups is 2. The quantitative estimate of drug-likeness (QED) is 0.645. The van der Waals surface area contributed by atoms with Gasteiger partial charge in [0.15, 0.2) is 11.7 Å². The molecule has 7 heteroatoms. The second kappa shape index (κ2) is 7.83. The predicted octanol–water partition coefficient (Wildman–Crippen LogP) is 2.22. The van der Waals surface area contributed by atoms with Gasteiger partial charge >= 0.3 is 0 Å². The van der Waals surface area contributed by atoms with E-state index in [1.807, 2.05) is 13.8 Å². The number of pyridine rings is 2. The van der Waals surface area contributed by atoms with E-state index in [0.29, 0.717) is 5.88 Å². The van der Waals surface area contributed by atoms with E-state index < -0.39 is 17.6 Å². The number of hydrogen-bond acceptors (Lipinski definition) is 6. The van der Waals surface area contributed by atoms with Crippen molar-refractivity contribution >= 4 is 17.5 Å². The van der Waals surface area contributed by atoms with Crippen molar-refractivity contribution in [3.8, 4) is 11.9 Å². The highest BCUT2D eigenvalue weighted by Gasteiger charge is 2.28. The van der Waals surface area contributed by atoms with Crippen LogP contribution in [0.5, 0.6) is 5.88 Å². The Kier molecular flexibility index (Phi) is 5.58. The minimum atomic E-state index is -1.48. The second-order valence-corrected chi connectivity index (χ2v) is 5.18. The third-order valence-electron chi connectivity index (χ3n) is 2.95. The molecule has 1 amide bonds. The molecule has 2 aromatic rings. The molecule has 122 valence electrons. The van der Waals surface area contributed by atoms with Crippen LogP contribution >= 0.6 is 0 Å². The molecule has 2 aromatic heterocycles. The Bertz CT molecular complexity index is 752. The zero-order chi connectivity index (χ0) is 17.5. The number of ether oxygens (including phenoxy) is 1. The van der Waals surface area contributed by atoms with Crippen LogP contribution in [-0.4, -0.2) is 27.8 Å². The molecule has 0 aliphatic heterocycles. The highest BCUT2D eigenvalue weighted by molar-refractivity contribution is 6.15. The number of nitriles is 1. The first-order valence-corrected chi connectivity index (χ1v) is 7.29. The fourth-order valence-electron chi connectivity index (χ4n) is 1.88. The summed E-state index contributed by atoms with van der Waals surface area (Å²) in [5.74, 6) is -2.20. The Labute approximate surface area is 139 Å². The van der Waals surface area contributed by atoms with Crippen molar-refractivity contribution in [2.45, 2.75) is 20.0 Å². The van der Waals surface area contributed by atoms with Crippen LogP contribution in [0.4, 0.5) is 5.82 Å². The lowest BCUT2D eigenvalue weighted by atomic mass is 9.99. The van der Waals surface area contributed by atoms with Crippen LogP contribution in [-0.2, 0) is 4.79 Å². The standard InChI is InChI=1S/C17H16N4O3/c1-11(2)24-15-7-6-12(10-20-15)16(22)13(9-18)17(23)21-14-5-3-4-8-19-14/h3-8,10-11,13H,1-2H3,(H,19,21,23). The Morgan fingerprint density at radius 2 is 2.00 bits per heavy atom. The van der Waals surface area contributed by atoms with E-state index in [2.05, 4.69) is 15.3 Å². The third kappa shape index (κ3) is 4.36. The summed E-state index contributed by atoms with van der Waals surface area (Å²) in [5, 5.41) is 11.6. The van der Waals surface area contributed by atoms with Crippen molar-refractivity contribution in [2.75, 3.05) is 5.32 Å². The van der Waals surface area contributed by atoms with E-state index in [0.717, 1.165) is 0 Å². The van der Waals surface area contributed by atoms with Gasteiger partial charge in [-0.1, -0.05) is 6.07 Å². The van der Waals surface area contributed by atoms with Gasteiger partial charge in [0, 0.05) is 24.0 Å². The molecule has 0 spiro atoms. The molecule has 0 saturated carbocycles. The van der Waals surface area contributed by atoms with E-state index in [4.69, 9.17) is 4.74 Å². The summed E-state index contributed by atoms with van der Waals surface area (Å²) in [6, 6.07) is 9.66. The van der Waals surface area contributed by atoms with E-state index in [9.17, 15) is 14.9 Å². The molecule has 1 N–H and O–H groups in total. The second-order valence-electron chi connectivity index (χ2n) is 5.18. The average Bonchev–Trinajstić information content (AvgIpc) is 2.56. The molecule has 1 unspecified atom stereocenters. The minimum Gasteiger partial charge on any atom is -0.475 e. The number of ketones is 1. The monoisotopic (exact) mass is 324 g/mol. The summed E-state index contributed by atoms with van der Waals surface area (Å²) < 4.78 is 5.39. The minimum absolute atomic E-state index is 0.0462. The number of hydrogen-bond donors (Lipinski definition) is 1. The molecule has 2 rings (SSSR count). The Morgan fingerprint density at radius 1 is 1.21 bits per heavy atom. The molecule has 7 nitrogen and oxygen atoms in total. The maximum absolute atomic E-state index is 12.4. The first kappa shape index (κ1) is 17.1. The fraction of sp³-hybridized carbons (Fsp3) is 0.235. The molecule has 0 aliphatic rings. The van der Waals surface area contributed by atoms with Gasteiger partial charge in [-0.2, -0.15) is 5.26 Å². The van der Waals surface area contributed by atoms with Gasteiger partial charge in [-0.3, -0.25) is 9.59 Å². The predicted molar refractivity (Wildman–Crippen MR) is 86.3 cm³/mol. The molecule has 2 heterocycles. The van der Waals surface area contributed by atoms with E-state index >= 15 is 0 Å². The number of aromatic nitrogens is 2. The molecular weight excluding hydrogens is 308 g/mol. The summed E-state index contributed by atoms with van der Waals surface area (Å²) in [5.41, 5.74) is 0.161. The van der Waals surface area contributed by atoms with Gasteiger partial charge in [0.25, 0.3) is 5.91 Å². The number of nitrogens with one attached hydrogen (secondary N) is 1. The molecule has 0 fully saturated rings. The van der Waals surface area contributed by atoms with Crippen molar-refractivity contribution in [1.29, 1.82) is 5.26 Å². The molecule has 0 bridgehead atoms. The zero-order valence-corrected chi connectivity index (χ0v) is 13.3. The molecule has 0 radical (unpaired) electrons. The molecule has 0 aromatic carbocycles. The van der Waals surface area contributed by atoms with E-state index in [-0.39, 0.29) is 17.5 Å². The van der Waals surface area contributed by atoms with Gasteiger partial charge in [-0.25, -0.2) is 9.97 Å². The molecular formula is C17H16N4O3. The number of rotatable bonds is 6. The number of amides is 1. The van der Waals surface area contributed by atoms with Crippen LogP contribution in [0.1, 0.15) is 24.2 Å². The summed E-state index contributed by atoms with van der Waals surface area (Å²) in [4.78, 5) is 32.4. The average molecular weight is 324 g/mol. The molecule has 0 aliphatic carbocycles. The topological polar surface area (TPSA) is 105 Å². The first-order chi connectivity index (χ1) is 11.5. The van der Waals surface area contributed by atoms with Crippen molar-refractivity contribution in [3.05, 3.63) is 48.3 Å². The SMILES string of the molecule is CC(C)Oc1ccc(C(=O)C(C#N)C(=O)Nc2ccccn2)cn1. The number of carbonyl (C=O) groups excluding carboxylic acids is 2. The van der Waals surface area contributed by atoms with Crippen molar-refractivity contribution in [1.82, 2.24) is 9.97 Å². The first-order valence-electron chi connectivity index (χ1n) is 7.29. The van der Waals surface area contributed by atoms with Crippen molar-refractivity contribution in [3.63, 3.8) is 0 Å². The maximum atomic E-state index is 12.4. The lowest BCUT2D eigenvalue weighted by Crippen LogP contribution is -2.29. The van der Waals surface area contributed by atoms with Gasteiger partial charge < -0.3 is 10.1 Å².